The van der Waals surface area contributed by atoms with Crippen LogP contribution in [0.4, 0.5) is 8.78 Å². The lowest BCUT2D eigenvalue weighted by molar-refractivity contribution is 0.502. The van der Waals surface area contributed by atoms with E-state index >= 15 is 0 Å². The van der Waals surface area contributed by atoms with E-state index in [2.05, 4.69) is 10.3 Å². The van der Waals surface area contributed by atoms with Crippen molar-refractivity contribution in [1.29, 1.82) is 0 Å². The van der Waals surface area contributed by atoms with Gasteiger partial charge in [-0.05, 0) is 49.7 Å². The van der Waals surface area contributed by atoms with Crippen molar-refractivity contribution in [3.8, 4) is 0 Å². The molecule has 0 amide bonds. The second-order valence-corrected chi connectivity index (χ2v) is 4.75. The normalized spacial score (nSPS) is 12.4. The van der Waals surface area contributed by atoms with Gasteiger partial charge in [-0.15, -0.1) is 0 Å². The summed E-state index contributed by atoms with van der Waals surface area (Å²) in [6, 6.07) is 7.08. The molecule has 106 valence electrons. The fourth-order valence-corrected chi connectivity index (χ4v) is 2.21. The lowest BCUT2D eigenvalue weighted by Crippen LogP contribution is -2.25. The highest BCUT2D eigenvalue weighted by Crippen LogP contribution is 2.27. The molecule has 0 spiro atoms. The molecule has 1 aromatic carbocycles. The van der Waals surface area contributed by atoms with Crippen LogP contribution in [0.3, 0.4) is 0 Å². The molecule has 4 heteroatoms. The summed E-state index contributed by atoms with van der Waals surface area (Å²) < 4.78 is 28.0. The summed E-state index contributed by atoms with van der Waals surface area (Å²) in [4.78, 5) is 4.13. The zero-order valence-corrected chi connectivity index (χ0v) is 11.7. The molecule has 0 aliphatic heterocycles. The molecule has 0 bridgehead atoms. The van der Waals surface area contributed by atoms with E-state index in [-0.39, 0.29) is 5.56 Å². The van der Waals surface area contributed by atoms with Gasteiger partial charge in [0.25, 0.3) is 0 Å². The van der Waals surface area contributed by atoms with E-state index in [9.17, 15) is 8.78 Å². The molecule has 1 N–H and O–H groups in total. The number of nitrogens with zero attached hydrogens (tertiary/aromatic N) is 1. The number of benzene rings is 1. The van der Waals surface area contributed by atoms with Crippen LogP contribution in [-0.4, -0.2) is 11.5 Å². The van der Waals surface area contributed by atoms with Crippen LogP contribution in [-0.2, 0) is 0 Å². The minimum absolute atomic E-state index is 0.0616. The van der Waals surface area contributed by atoms with Gasteiger partial charge in [-0.25, -0.2) is 8.78 Å². The average Bonchev–Trinajstić information content (AvgIpc) is 2.42. The maximum absolute atomic E-state index is 14.0. The van der Waals surface area contributed by atoms with Crippen LogP contribution in [0.1, 0.15) is 36.2 Å². The Morgan fingerprint density at radius 1 is 1.20 bits per heavy atom. The van der Waals surface area contributed by atoms with Crippen molar-refractivity contribution in [2.24, 2.45) is 0 Å². The molecule has 1 unspecified atom stereocenters. The lowest BCUT2D eigenvalue weighted by atomic mass is 9.97. The molecular formula is C16H18F2N2. The standard InChI is InChI=1S/C16H18F2N2/c1-3-8-20-16(12-7-9-19-11(2)10-12)15-13(17)5-4-6-14(15)18/h4-7,9-10,16,20H,3,8H2,1-2H3. The van der Waals surface area contributed by atoms with Crippen LogP contribution >= 0.6 is 0 Å². The second kappa shape index (κ2) is 6.57. The Hall–Kier alpha value is -1.81. The number of aromatic nitrogens is 1. The van der Waals surface area contributed by atoms with Crippen molar-refractivity contribution >= 4 is 0 Å². The van der Waals surface area contributed by atoms with Crippen molar-refractivity contribution < 1.29 is 8.78 Å². The highest BCUT2D eigenvalue weighted by Gasteiger charge is 2.21. The molecule has 0 fully saturated rings. The summed E-state index contributed by atoms with van der Waals surface area (Å²) in [5.74, 6) is -1.07. The lowest BCUT2D eigenvalue weighted by Gasteiger charge is -2.21. The number of halogens is 2. The van der Waals surface area contributed by atoms with Crippen molar-refractivity contribution in [3.05, 3.63) is 65.0 Å². The highest BCUT2D eigenvalue weighted by atomic mass is 19.1. The minimum Gasteiger partial charge on any atom is -0.306 e. The van der Waals surface area contributed by atoms with Gasteiger partial charge in [0.2, 0.25) is 0 Å². The molecule has 0 aliphatic rings. The summed E-state index contributed by atoms with van der Waals surface area (Å²) >= 11 is 0. The molecule has 0 saturated carbocycles. The van der Waals surface area contributed by atoms with Gasteiger partial charge in [0.15, 0.2) is 0 Å². The second-order valence-electron chi connectivity index (χ2n) is 4.75. The maximum atomic E-state index is 14.0. The first-order valence-corrected chi connectivity index (χ1v) is 6.73. The molecule has 1 atom stereocenters. The Bertz CT molecular complexity index is 564. The van der Waals surface area contributed by atoms with Crippen molar-refractivity contribution in [2.75, 3.05) is 6.54 Å². The van der Waals surface area contributed by atoms with E-state index in [1.807, 2.05) is 19.9 Å². The van der Waals surface area contributed by atoms with E-state index in [1.165, 1.54) is 18.2 Å². The van der Waals surface area contributed by atoms with E-state index in [0.717, 1.165) is 17.7 Å². The first-order chi connectivity index (χ1) is 9.63. The third-order valence-corrected chi connectivity index (χ3v) is 3.14. The summed E-state index contributed by atoms with van der Waals surface area (Å²) in [6.07, 6.45) is 2.54. The Morgan fingerprint density at radius 3 is 2.50 bits per heavy atom. The number of hydrogen-bond donors (Lipinski definition) is 1. The fourth-order valence-electron chi connectivity index (χ4n) is 2.21. The third-order valence-electron chi connectivity index (χ3n) is 3.14. The summed E-state index contributed by atoms with van der Waals surface area (Å²) in [7, 11) is 0. The highest BCUT2D eigenvalue weighted by molar-refractivity contribution is 5.33. The minimum atomic E-state index is -0.534. The van der Waals surface area contributed by atoms with Gasteiger partial charge in [-0.1, -0.05) is 13.0 Å². The Labute approximate surface area is 117 Å². The van der Waals surface area contributed by atoms with E-state index in [0.29, 0.717) is 6.54 Å². The number of nitrogens with one attached hydrogen (secondary N) is 1. The zero-order chi connectivity index (χ0) is 14.5. The summed E-state index contributed by atoms with van der Waals surface area (Å²) in [6.45, 7) is 4.55. The topological polar surface area (TPSA) is 24.9 Å². The molecule has 2 nitrogen and oxygen atoms in total. The van der Waals surface area contributed by atoms with Crippen molar-refractivity contribution in [2.45, 2.75) is 26.3 Å². The van der Waals surface area contributed by atoms with Gasteiger partial charge in [0, 0.05) is 17.5 Å². The van der Waals surface area contributed by atoms with E-state index < -0.39 is 17.7 Å². The fraction of sp³-hybridized carbons (Fsp3) is 0.312. The van der Waals surface area contributed by atoms with Gasteiger partial charge in [0.1, 0.15) is 11.6 Å². The molecule has 0 saturated heterocycles. The smallest absolute Gasteiger partial charge is 0.131 e. The molecule has 1 heterocycles. The number of aryl methyl sites for hydroxylation is 1. The van der Waals surface area contributed by atoms with Crippen LogP contribution in [0.15, 0.2) is 36.5 Å². The van der Waals surface area contributed by atoms with Crippen LogP contribution in [0.5, 0.6) is 0 Å². The number of pyridine rings is 1. The van der Waals surface area contributed by atoms with E-state index in [4.69, 9.17) is 0 Å². The van der Waals surface area contributed by atoms with Crippen LogP contribution in [0, 0.1) is 18.6 Å². The molecule has 0 radical (unpaired) electrons. The molecule has 0 aliphatic carbocycles. The molecule has 2 aromatic rings. The SMILES string of the molecule is CCCNC(c1ccnc(C)c1)c1c(F)cccc1F. The van der Waals surface area contributed by atoms with E-state index in [1.54, 1.807) is 12.3 Å². The average molecular weight is 276 g/mol. The number of rotatable bonds is 5. The van der Waals surface area contributed by atoms with Gasteiger partial charge >= 0.3 is 0 Å². The third kappa shape index (κ3) is 3.20. The Balaban J connectivity index is 2.47. The molecule has 2 rings (SSSR count). The van der Waals surface area contributed by atoms with Gasteiger partial charge in [0.05, 0.1) is 6.04 Å². The van der Waals surface area contributed by atoms with Gasteiger partial charge in [-0.3, -0.25) is 4.98 Å². The van der Waals surface area contributed by atoms with Gasteiger partial charge < -0.3 is 5.32 Å². The van der Waals surface area contributed by atoms with Crippen LogP contribution in [0.2, 0.25) is 0 Å². The van der Waals surface area contributed by atoms with Crippen LogP contribution < -0.4 is 5.32 Å². The summed E-state index contributed by atoms with van der Waals surface area (Å²) in [5, 5.41) is 3.20. The monoisotopic (exact) mass is 276 g/mol. The van der Waals surface area contributed by atoms with Crippen molar-refractivity contribution in [1.82, 2.24) is 10.3 Å². The molecule has 20 heavy (non-hydrogen) atoms. The summed E-state index contributed by atoms with van der Waals surface area (Å²) in [5.41, 5.74) is 1.70. The molecule has 1 aromatic heterocycles. The van der Waals surface area contributed by atoms with Gasteiger partial charge in [-0.2, -0.15) is 0 Å². The Kier molecular flexibility index (Phi) is 4.79. The quantitative estimate of drug-likeness (QED) is 0.899. The van der Waals surface area contributed by atoms with Crippen molar-refractivity contribution in [3.63, 3.8) is 0 Å². The largest absolute Gasteiger partial charge is 0.306 e. The van der Waals surface area contributed by atoms with Crippen LogP contribution in [0.25, 0.3) is 0 Å². The first kappa shape index (κ1) is 14.6. The first-order valence-electron chi connectivity index (χ1n) is 6.73. The number of hydrogen-bond acceptors (Lipinski definition) is 2. The predicted molar refractivity (Wildman–Crippen MR) is 75.5 cm³/mol. The Morgan fingerprint density at radius 2 is 1.90 bits per heavy atom. The molecular weight excluding hydrogens is 258 g/mol. The maximum Gasteiger partial charge on any atom is 0.131 e. The zero-order valence-electron chi connectivity index (χ0n) is 11.7. The predicted octanol–water partition coefficient (Wildman–Crippen LogP) is 3.76.